The molecule has 0 saturated carbocycles. The first-order chi connectivity index (χ1) is 9.43. The smallest absolute Gasteiger partial charge is 0.103 e. The van der Waals surface area contributed by atoms with Crippen LogP contribution in [0.5, 0.6) is 0 Å². The Bertz CT molecular complexity index is 475. The second-order valence-corrected chi connectivity index (χ2v) is 5.91. The third-order valence-electron chi connectivity index (χ3n) is 3.60. The molecule has 0 fully saturated rings. The normalized spacial score (nSPS) is 14.0. The van der Waals surface area contributed by atoms with Crippen LogP contribution < -0.4 is 5.32 Å². The second-order valence-electron chi connectivity index (χ2n) is 5.54. The van der Waals surface area contributed by atoms with Gasteiger partial charge in [-0.05, 0) is 53.0 Å². The molecular weight excluding hydrogens is 272 g/mol. The molecule has 20 heavy (non-hydrogen) atoms. The van der Waals surface area contributed by atoms with Crippen LogP contribution >= 0.6 is 11.6 Å². The molecule has 1 heterocycles. The van der Waals surface area contributed by atoms with Crippen molar-refractivity contribution in [1.82, 2.24) is 15.1 Å². The van der Waals surface area contributed by atoms with Crippen molar-refractivity contribution in [3.05, 3.63) is 16.4 Å². The molecule has 0 saturated heterocycles. The third kappa shape index (κ3) is 4.50. The summed E-state index contributed by atoms with van der Waals surface area (Å²) < 4.78 is 1.96. The molecule has 0 aromatic carbocycles. The van der Waals surface area contributed by atoms with E-state index in [1.807, 2.05) is 25.5 Å². The minimum absolute atomic E-state index is 0.414. The molecule has 5 heteroatoms. The van der Waals surface area contributed by atoms with E-state index < -0.39 is 5.54 Å². The zero-order chi connectivity index (χ0) is 15.2. The van der Waals surface area contributed by atoms with Crippen LogP contribution in [0.15, 0.2) is 0 Å². The highest BCUT2D eigenvalue weighted by molar-refractivity contribution is 6.31. The predicted molar refractivity (Wildman–Crippen MR) is 82.9 cm³/mol. The van der Waals surface area contributed by atoms with Crippen LogP contribution in [0.4, 0.5) is 0 Å². The Morgan fingerprint density at radius 1 is 1.40 bits per heavy atom. The number of rotatable bonds is 8. The lowest BCUT2D eigenvalue weighted by atomic mass is 9.96. The van der Waals surface area contributed by atoms with Crippen LogP contribution in [-0.2, 0) is 6.54 Å². The van der Waals surface area contributed by atoms with Gasteiger partial charge in [0.15, 0.2) is 0 Å². The first kappa shape index (κ1) is 17.0. The van der Waals surface area contributed by atoms with E-state index in [0.717, 1.165) is 55.2 Å². The molecule has 112 valence electrons. The fourth-order valence-corrected chi connectivity index (χ4v) is 2.35. The van der Waals surface area contributed by atoms with E-state index in [-0.39, 0.29) is 0 Å². The summed E-state index contributed by atoms with van der Waals surface area (Å²) in [7, 11) is 0. The maximum Gasteiger partial charge on any atom is 0.103 e. The van der Waals surface area contributed by atoms with Crippen molar-refractivity contribution in [3.8, 4) is 6.07 Å². The van der Waals surface area contributed by atoms with E-state index in [1.54, 1.807) is 0 Å². The molecule has 0 amide bonds. The van der Waals surface area contributed by atoms with Gasteiger partial charge in [0, 0.05) is 6.54 Å². The number of nitrogens with one attached hydrogen (secondary N) is 1. The molecule has 0 aliphatic rings. The van der Waals surface area contributed by atoms with Crippen molar-refractivity contribution in [2.45, 2.75) is 65.5 Å². The lowest BCUT2D eigenvalue weighted by Gasteiger charge is -2.23. The molecule has 0 radical (unpaired) electrons. The van der Waals surface area contributed by atoms with Gasteiger partial charge in [0.1, 0.15) is 5.54 Å². The van der Waals surface area contributed by atoms with E-state index in [4.69, 9.17) is 11.6 Å². The summed E-state index contributed by atoms with van der Waals surface area (Å²) >= 11 is 6.13. The molecule has 0 bridgehead atoms. The van der Waals surface area contributed by atoms with Crippen molar-refractivity contribution in [2.24, 2.45) is 0 Å². The van der Waals surface area contributed by atoms with Crippen LogP contribution in [0.25, 0.3) is 0 Å². The fraction of sp³-hybridized carbons (Fsp3) is 0.733. The predicted octanol–water partition coefficient (Wildman–Crippen LogP) is 3.61. The number of hydrogen-bond acceptors (Lipinski definition) is 3. The van der Waals surface area contributed by atoms with Crippen molar-refractivity contribution in [3.63, 3.8) is 0 Å². The summed E-state index contributed by atoms with van der Waals surface area (Å²) in [5.74, 6) is 0. The van der Waals surface area contributed by atoms with Gasteiger partial charge in [-0.25, -0.2) is 0 Å². The third-order valence-corrected chi connectivity index (χ3v) is 4.15. The average molecular weight is 297 g/mol. The zero-order valence-electron chi connectivity index (χ0n) is 13.0. The summed E-state index contributed by atoms with van der Waals surface area (Å²) in [6.07, 6.45) is 3.90. The van der Waals surface area contributed by atoms with E-state index in [0.29, 0.717) is 0 Å². The van der Waals surface area contributed by atoms with Crippen LogP contribution in [0, 0.1) is 25.2 Å². The Morgan fingerprint density at radius 2 is 2.10 bits per heavy atom. The summed E-state index contributed by atoms with van der Waals surface area (Å²) in [6, 6.07) is 2.38. The fourth-order valence-electron chi connectivity index (χ4n) is 2.22. The number of unbranched alkanes of at least 4 members (excludes halogenated alkanes) is 1. The second kappa shape index (κ2) is 7.66. The summed E-state index contributed by atoms with van der Waals surface area (Å²) in [4.78, 5) is 0. The quantitative estimate of drug-likeness (QED) is 0.746. The summed E-state index contributed by atoms with van der Waals surface area (Å²) in [5, 5.41) is 17.8. The van der Waals surface area contributed by atoms with Gasteiger partial charge in [-0.3, -0.25) is 10.00 Å². The molecule has 1 atom stereocenters. The van der Waals surface area contributed by atoms with Crippen LogP contribution in [0.2, 0.25) is 5.02 Å². The number of halogens is 1. The minimum atomic E-state index is -0.414. The van der Waals surface area contributed by atoms with Crippen LogP contribution in [-0.4, -0.2) is 21.9 Å². The standard InChI is InChI=1S/C15H25ClN4/c1-5-9-18-15(4,11-17)8-6-7-10-20-13(3)14(16)12(2)19-20/h18H,5-10H2,1-4H3. The van der Waals surface area contributed by atoms with E-state index >= 15 is 0 Å². The molecule has 1 N–H and O–H groups in total. The molecule has 0 spiro atoms. The lowest BCUT2D eigenvalue weighted by Crippen LogP contribution is -2.41. The molecule has 1 unspecified atom stereocenters. The SMILES string of the molecule is CCCNC(C)(C#N)CCCCn1nc(C)c(Cl)c1C. The molecule has 1 rings (SSSR count). The molecule has 0 aliphatic carbocycles. The van der Waals surface area contributed by atoms with Gasteiger partial charge < -0.3 is 0 Å². The highest BCUT2D eigenvalue weighted by Crippen LogP contribution is 2.20. The molecule has 4 nitrogen and oxygen atoms in total. The van der Waals surface area contributed by atoms with Gasteiger partial charge in [-0.15, -0.1) is 0 Å². The van der Waals surface area contributed by atoms with Gasteiger partial charge in [-0.2, -0.15) is 10.4 Å². The monoisotopic (exact) mass is 296 g/mol. The van der Waals surface area contributed by atoms with Crippen LogP contribution in [0.3, 0.4) is 0 Å². The lowest BCUT2D eigenvalue weighted by molar-refractivity contribution is 0.392. The number of nitriles is 1. The Labute approximate surface area is 127 Å². The summed E-state index contributed by atoms with van der Waals surface area (Å²) in [5.41, 5.74) is 1.50. The maximum absolute atomic E-state index is 9.26. The summed E-state index contributed by atoms with van der Waals surface area (Å²) in [6.45, 7) is 9.74. The number of aryl methyl sites for hydroxylation is 2. The Morgan fingerprint density at radius 3 is 2.60 bits per heavy atom. The van der Waals surface area contributed by atoms with Gasteiger partial charge >= 0.3 is 0 Å². The number of hydrogen-bond donors (Lipinski definition) is 1. The Hall–Kier alpha value is -1.05. The van der Waals surface area contributed by atoms with Gasteiger partial charge in [0.25, 0.3) is 0 Å². The van der Waals surface area contributed by atoms with E-state index in [2.05, 4.69) is 23.4 Å². The number of nitrogens with zero attached hydrogens (tertiary/aromatic N) is 3. The minimum Gasteiger partial charge on any atom is -0.300 e. The van der Waals surface area contributed by atoms with Crippen LogP contribution in [0.1, 0.15) is 50.9 Å². The van der Waals surface area contributed by atoms with Crippen molar-refractivity contribution >= 4 is 11.6 Å². The highest BCUT2D eigenvalue weighted by Gasteiger charge is 2.21. The van der Waals surface area contributed by atoms with Crippen molar-refractivity contribution < 1.29 is 0 Å². The highest BCUT2D eigenvalue weighted by atomic mass is 35.5. The molecule has 0 aliphatic heterocycles. The topological polar surface area (TPSA) is 53.6 Å². The molecule has 1 aromatic rings. The van der Waals surface area contributed by atoms with E-state index in [1.165, 1.54) is 0 Å². The first-order valence-corrected chi connectivity index (χ1v) is 7.67. The van der Waals surface area contributed by atoms with Gasteiger partial charge in [-0.1, -0.05) is 18.5 Å². The molecular formula is C15H25ClN4. The van der Waals surface area contributed by atoms with Gasteiger partial charge in [0.2, 0.25) is 0 Å². The molecule has 1 aromatic heterocycles. The van der Waals surface area contributed by atoms with Gasteiger partial charge in [0.05, 0.1) is 22.5 Å². The Balaban J connectivity index is 2.41. The van der Waals surface area contributed by atoms with E-state index in [9.17, 15) is 5.26 Å². The number of aromatic nitrogens is 2. The van der Waals surface area contributed by atoms with Crippen molar-refractivity contribution in [2.75, 3.05) is 6.54 Å². The largest absolute Gasteiger partial charge is 0.300 e. The first-order valence-electron chi connectivity index (χ1n) is 7.29. The zero-order valence-corrected chi connectivity index (χ0v) is 13.7. The van der Waals surface area contributed by atoms with Crippen molar-refractivity contribution in [1.29, 1.82) is 5.26 Å². The maximum atomic E-state index is 9.26. The Kier molecular flexibility index (Phi) is 6.51. The average Bonchev–Trinajstić information content (AvgIpc) is 2.69.